The quantitative estimate of drug-likeness (QED) is 0.0872. The summed E-state index contributed by atoms with van der Waals surface area (Å²) >= 11 is 0. The van der Waals surface area contributed by atoms with E-state index in [9.17, 15) is 14.7 Å². The van der Waals surface area contributed by atoms with Crippen LogP contribution >= 0.6 is 0 Å². The van der Waals surface area contributed by atoms with Crippen LogP contribution in [0.4, 0.5) is 0 Å². The summed E-state index contributed by atoms with van der Waals surface area (Å²) in [6, 6.07) is 21.9. The fourth-order valence-electron chi connectivity index (χ4n) is 5.78. The number of hydrogen-bond donors (Lipinski definition) is 3. The predicted octanol–water partition coefficient (Wildman–Crippen LogP) is 5.08. The minimum Gasteiger partial charge on any atom is -0.497 e. The predicted molar refractivity (Wildman–Crippen MR) is 206 cm³/mol. The Hall–Kier alpha value is -5.08. The molecule has 3 aromatic rings. The normalized spacial score (nSPS) is 14.7. The SMILES string of the molecule is COC(=O)C1=C(C)NC(C)=C(C(=O)OCCOc2ccc(OCCNCC(O)COc3ccc(COCCOC(C)C)cc3)cc2)C1c1cccc(OC)c1. The van der Waals surface area contributed by atoms with E-state index >= 15 is 0 Å². The first-order chi connectivity index (χ1) is 26.6. The summed E-state index contributed by atoms with van der Waals surface area (Å²) in [5.74, 6) is 0.648. The van der Waals surface area contributed by atoms with Crippen LogP contribution in [0.25, 0.3) is 0 Å². The topological polar surface area (TPSA) is 152 Å². The van der Waals surface area contributed by atoms with Gasteiger partial charge in [0.05, 0.1) is 57.2 Å². The van der Waals surface area contributed by atoms with Crippen LogP contribution in [0.1, 0.15) is 44.7 Å². The first kappa shape index (κ1) is 42.7. The van der Waals surface area contributed by atoms with Gasteiger partial charge in [0.1, 0.15) is 55.5 Å². The molecule has 55 heavy (non-hydrogen) atoms. The number of carbonyl (C=O) groups excluding carboxylic acids is 2. The van der Waals surface area contributed by atoms with E-state index in [1.54, 1.807) is 63.4 Å². The molecule has 0 radical (unpaired) electrons. The van der Waals surface area contributed by atoms with E-state index in [2.05, 4.69) is 10.6 Å². The van der Waals surface area contributed by atoms with Gasteiger partial charge in [0.25, 0.3) is 0 Å². The van der Waals surface area contributed by atoms with Crippen molar-refractivity contribution in [2.75, 3.05) is 67.0 Å². The van der Waals surface area contributed by atoms with Crippen molar-refractivity contribution >= 4 is 11.9 Å². The van der Waals surface area contributed by atoms with Crippen LogP contribution < -0.4 is 29.6 Å². The van der Waals surface area contributed by atoms with Crippen molar-refractivity contribution in [3.63, 3.8) is 0 Å². The van der Waals surface area contributed by atoms with Crippen LogP contribution in [0.15, 0.2) is 95.3 Å². The smallest absolute Gasteiger partial charge is 0.336 e. The molecule has 0 amide bonds. The third-order valence-corrected chi connectivity index (χ3v) is 8.46. The molecular formula is C42H54N2O11. The maximum Gasteiger partial charge on any atom is 0.336 e. The number of benzene rings is 3. The highest BCUT2D eigenvalue weighted by Gasteiger charge is 2.38. The highest BCUT2D eigenvalue weighted by atomic mass is 16.6. The van der Waals surface area contributed by atoms with E-state index in [1.807, 2.05) is 44.2 Å². The Morgan fingerprint density at radius 2 is 1.40 bits per heavy atom. The number of carbonyl (C=O) groups is 2. The van der Waals surface area contributed by atoms with Crippen LogP contribution in [0.3, 0.4) is 0 Å². The second kappa shape index (κ2) is 22.3. The number of aliphatic hydroxyl groups excluding tert-OH is 1. The molecule has 0 aromatic heterocycles. The van der Waals surface area contributed by atoms with Gasteiger partial charge in [-0.05, 0) is 87.4 Å². The fraction of sp³-hybridized carbons (Fsp3) is 0.429. The van der Waals surface area contributed by atoms with Crippen LogP contribution in [0.5, 0.6) is 23.0 Å². The fourth-order valence-corrected chi connectivity index (χ4v) is 5.78. The van der Waals surface area contributed by atoms with Gasteiger partial charge in [0, 0.05) is 24.5 Å². The molecule has 3 aromatic carbocycles. The van der Waals surface area contributed by atoms with Gasteiger partial charge in [-0.25, -0.2) is 9.59 Å². The zero-order valence-electron chi connectivity index (χ0n) is 32.6. The van der Waals surface area contributed by atoms with E-state index in [-0.39, 0.29) is 25.9 Å². The zero-order chi connectivity index (χ0) is 39.6. The minimum atomic E-state index is -0.722. The second-order valence-corrected chi connectivity index (χ2v) is 13.0. The lowest BCUT2D eigenvalue weighted by Crippen LogP contribution is -2.33. The van der Waals surface area contributed by atoms with Crippen LogP contribution in [0, 0.1) is 0 Å². The molecule has 2 atom stereocenters. The van der Waals surface area contributed by atoms with Gasteiger partial charge < -0.3 is 53.6 Å². The zero-order valence-corrected chi connectivity index (χ0v) is 32.6. The standard InChI is InChI=1S/C42H54N2O11/c1-28(2)51-21-20-50-26-31-10-12-36(13-11-31)55-27-33(45)25-43-18-19-52-34-14-16-35(17-15-34)53-22-23-54-42(47)39-30(4)44-29(3)38(41(46)49-6)40(39)32-8-7-9-37(24-32)48-5/h7-17,24,28,33,40,43-45H,18-23,25-27H2,1-6H3. The van der Waals surface area contributed by atoms with E-state index in [1.165, 1.54) is 7.11 Å². The minimum absolute atomic E-state index is 0.0193. The first-order valence-electron chi connectivity index (χ1n) is 18.3. The number of ether oxygens (including phenoxy) is 8. The van der Waals surface area contributed by atoms with Crippen molar-refractivity contribution in [3.8, 4) is 23.0 Å². The van der Waals surface area contributed by atoms with Gasteiger partial charge in [-0.15, -0.1) is 0 Å². The van der Waals surface area contributed by atoms with E-state index in [0.29, 0.717) is 90.6 Å². The Balaban J connectivity index is 1.13. The molecular weight excluding hydrogens is 708 g/mol. The molecule has 0 fully saturated rings. The average Bonchev–Trinajstić information content (AvgIpc) is 3.18. The van der Waals surface area contributed by atoms with Gasteiger partial charge in [-0.1, -0.05) is 24.3 Å². The van der Waals surface area contributed by atoms with Gasteiger partial charge in [0.2, 0.25) is 0 Å². The number of hydrogen-bond acceptors (Lipinski definition) is 13. The molecule has 3 N–H and O–H groups in total. The molecule has 298 valence electrons. The lowest BCUT2D eigenvalue weighted by atomic mass is 9.80. The van der Waals surface area contributed by atoms with Crippen LogP contribution in [-0.4, -0.2) is 96.2 Å². The monoisotopic (exact) mass is 762 g/mol. The van der Waals surface area contributed by atoms with Gasteiger partial charge >= 0.3 is 11.9 Å². The van der Waals surface area contributed by atoms with Crippen molar-refractivity contribution in [1.82, 2.24) is 10.6 Å². The second-order valence-electron chi connectivity index (χ2n) is 13.0. The van der Waals surface area contributed by atoms with Crippen molar-refractivity contribution in [3.05, 3.63) is 106 Å². The Morgan fingerprint density at radius 1 is 0.764 bits per heavy atom. The number of methoxy groups -OCH3 is 2. The Bertz CT molecular complexity index is 1720. The van der Waals surface area contributed by atoms with Crippen molar-refractivity contribution < 1.29 is 52.6 Å². The third kappa shape index (κ3) is 13.6. The van der Waals surface area contributed by atoms with Gasteiger partial charge in [-0.3, -0.25) is 0 Å². The third-order valence-electron chi connectivity index (χ3n) is 8.46. The number of rotatable bonds is 23. The maximum atomic E-state index is 13.5. The van der Waals surface area contributed by atoms with Crippen molar-refractivity contribution in [1.29, 1.82) is 0 Å². The summed E-state index contributed by atoms with van der Waals surface area (Å²) < 4.78 is 44.5. The lowest BCUT2D eigenvalue weighted by molar-refractivity contribution is -0.140. The summed E-state index contributed by atoms with van der Waals surface area (Å²) in [4.78, 5) is 26.4. The number of esters is 2. The lowest BCUT2D eigenvalue weighted by Gasteiger charge is -2.30. The Morgan fingerprint density at radius 3 is 2.05 bits per heavy atom. The van der Waals surface area contributed by atoms with Crippen molar-refractivity contribution in [2.45, 2.75) is 52.4 Å². The highest BCUT2D eigenvalue weighted by molar-refractivity contribution is 5.99. The molecule has 0 spiro atoms. The van der Waals surface area contributed by atoms with Crippen molar-refractivity contribution in [2.24, 2.45) is 0 Å². The van der Waals surface area contributed by atoms with Gasteiger partial charge in [-0.2, -0.15) is 0 Å². The molecule has 1 aliphatic heterocycles. The summed E-state index contributed by atoms with van der Waals surface area (Å²) in [5, 5.41) is 16.6. The molecule has 0 saturated carbocycles. The molecule has 0 bridgehead atoms. The van der Waals surface area contributed by atoms with E-state index in [0.717, 1.165) is 5.56 Å². The van der Waals surface area contributed by atoms with Crippen LogP contribution in [-0.2, 0) is 35.1 Å². The molecule has 1 aliphatic rings. The number of allylic oxidation sites excluding steroid dienone is 2. The van der Waals surface area contributed by atoms with E-state index < -0.39 is 24.0 Å². The molecule has 0 saturated heterocycles. The summed E-state index contributed by atoms with van der Waals surface area (Å²) in [6.45, 7) is 10.6. The summed E-state index contributed by atoms with van der Waals surface area (Å²) in [7, 11) is 2.86. The highest BCUT2D eigenvalue weighted by Crippen LogP contribution is 2.40. The largest absolute Gasteiger partial charge is 0.497 e. The summed E-state index contributed by atoms with van der Waals surface area (Å²) in [6.07, 6.45) is -0.496. The molecule has 13 nitrogen and oxygen atoms in total. The molecule has 1 heterocycles. The maximum absolute atomic E-state index is 13.5. The summed E-state index contributed by atoms with van der Waals surface area (Å²) in [5.41, 5.74) is 3.49. The Kier molecular flexibility index (Phi) is 17.3. The molecule has 2 unspecified atom stereocenters. The van der Waals surface area contributed by atoms with Crippen LogP contribution in [0.2, 0.25) is 0 Å². The molecule has 13 heteroatoms. The number of nitrogens with one attached hydrogen (secondary N) is 2. The van der Waals surface area contributed by atoms with E-state index in [4.69, 9.17) is 37.9 Å². The molecule has 4 rings (SSSR count). The number of dihydropyridines is 1. The first-order valence-corrected chi connectivity index (χ1v) is 18.3. The van der Waals surface area contributed by atoms with Gasteiger partial charge in [0.15, 0.2) is 0 Å². The molecule has 0 aliphatic carbocycles. The average molecular weight is 763 g/mol. The Labute approximate surface area is 323 Å². The number of aliphatic hydroxyl groups is 1.